The normalized spacial score (nSPS) is 11.1. The summed E-state index contributed by atoms with van der Waals surface area (Å²) in [7, 11) is 3.09. The molecule has 0 bridgehead atoms. The zero-order chi connectivity index (χ0) is 15.7. The van der Waals surface area contributed by atoms with Gasteiger partial charge < -0.3 is 15.4 Å². The van der Waals surface area contributed by atoms with Crippen molar-refractivity contribution in [1.82, 2.24) is 10.6 Å². The lowest BCUT2D eigenvalue weighted by atomic mass is 10.1. The summed E-state index contributed by atoms with van der Waals surface area (Å²) in [5, 5.41) is 6.33. The number of nitrogens with one attached hydrogen (secondary N) is 2. The smallest absolute Gasteiger partial charge is 0.307 e. The Morgan fingerprint density at radius 3 is 2.76 bits per heavy atom. The van der Waals surface area contributed by atoms with Crippen LogP contribution in [0.5, 0.6) is 0 Å². The highest BCUT2D eigenvalue weighted by molar-refractivity contribution is 7.98. The van der Waals surface area contributed by atoms with E-state index < -0.39 is 0 Å². The number of guanidine groups is 1. The predicted octanol–water partition coefficient (Wildman–Crippen LogP) is 1.95. The maximum atomic E-state index is 11.1. The van der Waals surface area contributed by atoms with Gasteiger partial charge in [0.25, 0.3) is 0 Å². The number of nitrogens with zero attached hydrogens (tertiary/aromatic N) is 1. The van der Waals surface area contributed by atoms with Crippen LogP contribution in [0.15, 0.2) is 28.1 Å². The van der Waals surface area contributed by atoms with Crippen molar-refractivity contribution >= 4 is 23.7 Å². The molecule has 2 N–H and O–H groups in total. The van der Waals surface area contributed by atoms with Crippen LogP contribution >= 0.6 is 11.8 Å². The first-order valence-electron chi connectivity index (χ1n) is 6.75. The number of esters is 1. The van der Waals surface area contributed by atoms with E-state index in [1.165, 1.54) is 23.1 Å². The SMILES string of the molecule is CN=C(NCCC(=O)OC)NCc1ccc(C)cc1SC. The van der Waals surface area contributed by atoms with E-state index in [-0.39, 0.29) is 5.97 Å². The molecule has 6 heteroatoms. The summed E-state index contributed by atoms with van der Waals surface area (Å²) >= 11 is 1.73. The summed E-state index contributed by atoms with van der Waals surface area (Å²) in [4.78, 5) is 16.4. The largest absolute Gasteiger partial charge is 0.469 e. The first kappa shape index (κ1) is 17.4. The molecule has 1 rings (SSSR count). The number of benzene rings is 1. The number of hydrogen-bond acceptors (Lipinski definition) is 4. The molecular formula is C15H23N3O2S. The number of aliphatic imine (C=N–C) groups is 1. The summed E-state index contributed by atoms with van der Waals surface area (Å²) in [6.07, 6.45) is 2.39. The zero-order valence-corrected chi connectivity index (χ0v) is 13.8. The van der Waals surface area contributed by atoms with Gasteiger partial charge in [0.05, 0.1) is 13.5 Å². The van der Waals surface area contributed by atoms with Crippen LogP contribution in [-0.4, -0.2) is 38.9 Å². The number of hydrogen-bond donors (Lipinski definition) is 2. The Bertz CT molecular complexity index is 504. The third kappa shape index (κ3) is 6.08. The van der Waals surface area contributed by atoms with E-state index in [1.54, 1.807) is 18.8 Å². The van der Waals surface area contributed by atoms with Crippen molar-refractivity contribution in [3.05, 3.63) is 29.3 Å². The zero-order valence-electron chi connectivity index (χ0n) is 13.0. The Morgan fingerprint density at radius 1 is 1.38 bits per heavy atom. The summed E-state index contributed by atoms with van der Waals surface area (Å²) in [6, 6.07) is 6.40. The molecule has 0 aliphatic carbocycles. The average molecular weight is 309 g/mol. The molecule has 0 atom stereocenters. The molecule has 1 aromatic rings. The first-order chi connectivity index (χ1) is 10.1. The van der Waals surface area contributed by atoms with Gasteiger partial charge in [0.15, 0.2) is 5.96 Å². The minimum atomic E-state index is -0.235. The van der Waals surface area contributed by atoms with Crippen molar-refractivity contribution in [2.75, 3.05) is 27.0 Å². The number of carbonyl (C=O) groups is 1. The highest BCUT2D eigenvalue weighted by atomic mass is 32.2. The molecule has 0 aromatic heterocycles. The molecule has 0 saturated heterocycles. The van der Waals surface area contributed by atoms with Crippen LogP contribution in [0.1, 0.15) is 17.5 Å². The first-order valence-corrected chi connectivity index (χ1v) is 7.98. The highest BCUT2D eigenvalue weighted by Crippen LogP contribution is 2.21. The Balaban J connectivity index is 2.50. The van der Waals surface area contributed by atoms with Gasteiger partial charge >= 0.3 is 5.97 Å². The molecule has 21 heavy (non-hydrogen) atoms. The second-order valence-corrected chi connectivity index (χ2v) is 5.34. The van der Waals surface area contributed by atoms with Gasteiger partial charge in [0, 0.05) is 25.0 Å². The van der Waals surface area contributed by atoms with Crippen molar-refractivity contribution < 1.29 is 9.53 Å². The van der Waals surface area contributed by atoms with Gasteiger partial charge in [0.2, 0.25) is 0 Å². The van der Waals surface area contributed by atoms with Crippen molar-refractivity contribution in [2.45, 2.75) is 24.8 Å². The van der Waals surface area contributed by atoms with Gasteiger partial charge in [-0.25, -0.2) is 0 Å². The quantitative estimate of drug-likeness (QED) is 0.364. The number of aryl methyl sites for hydroxylation is 1. The van der Waals surface area contributed by atoms with E-state index in [9.17, 15) is 4.79 Å². The van der Waals surface area contributed by atoms with Gasteiger partial charge in [0.1, 0.15) is 0 Å². The van der Waals surface area contributed by atoms with Crippen molar-refractivity contribution in [3.8, 4) is 0 Å². The molecule has 0 spiro atoms. The minimum Gasteiger partial charge on any atom is -0.469 e. The lowest BCUT2D eigenvalue weighted by Crippen LogP contribution is -2.38. The molecule has 0 saturated carbocycles. The van der Waals surface area contributed by atoms with E-state index in [4.69, 9.17) is 0 Å². The molecule has 1 aromatic carbocycles. The van der Waals surface area contributed by atoms with Crippen LogP contribution in [0, 0.1) is 6.92 Å². The van der Waals surface area contributed by atoms with Gasteiger partial charge in [-0.05, 0) is 30.4 Å². The number of carbonyl (C=O) groups excluding carboxylic acids is 1. The number of methoxy groups -OCH3 is 1. The van der Waals surface area contributed by atoms with E-state index in [1.807, 2.05) is 0 Å². The van der Waals surface area contributed by atoms with E-state index in [0.29, 0.717) is 25.5 Å². The molecule has 0 aliphatic rings. The fraction of sp³-hybridized carbons (Fsp3) is 0.467. The molecular weight excluding hydrogens is 286 g/mol. The average Bonchev–Trinajstić information content (AvgIpc) is 2.51. The van der Waals surface area contributed by atoms with Crippen molar-refractivity contribution in [2.24, 2.45) is 4.99 Å². The van der Waals surface area contributed by atoms with Gasteiger partial charge in [-0.1, -0.05) is 12.1 Å². The maximum Gasteiger partial charge on any atom is 0.307 e. The minimum absolute atomic E-state index is 0.235. The van der Waals surface area contributed by atoms with Gasteiger partial charge in [-0.15, -0.1) is 11.8 Å². The molecule has 0 unspecified atom stereocenters. The van der Waals surface area contributed by atoms with Crippen LogP contribution in [0.2, 0.25) is 0 Å². The predicted molar refractivity (Wildman–Crippen MR) is 87.8 cm³/mol. The Morgan fingerprint density at radius 2 is 2.14 bits per heavy atom. The maximum absolute atomic E-state index is 11.1. The summed E-state index contributed by atoms with van der Waals surface area (Å²) < 4.78 is 4.59. The van der Waals surface area contributed by atoms with Crippen LogP contribution < -0.4 is 10.6 Å². The highest BCUT2D eigenvalue weighted by Gasteiger charge is 2.05. The fourth-order valence-corrected chi connectivity index (χ4v) is 2.49. The molecule has 5 nitrogen and oxygen atoms in total. The van der Waals surface area contributed by atoms with Crippen LogP contribution in [0.3, 0.4) is 0 Å². The lowest BCUT2D eigenvalue weighted by molar-refractivity contribution is -0.140. The second kappa shape index (κ2) is 9.28. The molecule has 0 aliphatic heterocycles. The third-order valence-corrected chi connectivity index (χ3v) is 3.78. The molecule has 0 amide bonds. The fourth-order valence-electron chi connectivity index (χ4n) is 1.78. The standard InChI is InChI=1S/C15H23N3O2S/c1-11-5-6-12(13(9-11)21-4)10-18-15(16-2)17-8-7-14(19)20-3/h5-6,9H,7-8,10H2,1-4H3,(H2,16,17,18). The Hall–Kier alpha value is -1.69. The van der Waals surface area contributed by atoms with Crippen molar-refractivity contribution in [1.29, 1.82) is 0 Å². The number of rotatable bonds is 6. The van der Waals surface area contributed by atoms with Gasteiger partial charge in [-0.2, -0.15) is 0 Å². The monoisotopic (exact) mass is 309 g/mol. The second-order valence-electron chi connectivity index (χ2n) is 4.49. The lowest BCUT2D eigenvalue weighted by Gasteiger charge is -2.13. The van der Waals surface area contributed by atoms with Crippen LogP contribution in [-0.2, 0) is 16.1 Å². The molecule has 0 fully saturated rings. The summed E-state index contributed by atoms with van der Waals surface area (Å²) in [5.74, 6) is 0.438. The Kier molecular flexibility index (Phi) is 7.68. The molecule has 116 valence electrons. The molecule has 0 heterocycles. The molecule has 0 radical (unpaired) electrons. The number of ether oxygens (including phenoxy) is 1. The topological polar surface area (TPSA) is 62.7 Å². The van der Waals surface area contributed by atoms with E-state index in [0.717, 1.165) is 0 Å². The van der Waals surface area contributed by atoms with Crippen LogP contribution in [0.25, 0.3) is 0 Å². The Labute approximate surface area is 130 Å². The van der Waals surface area contributed by atoms with Gasteiger partial charge in [-0.3, -0.25) is 9.79 Å². The van der Waals surface area contributed by atoms with E-state index in [2.05, 4.69) is 51.7 Å². The van der Waals surface area contributed by atoms with Crippen molar-refractivity contribution in [3.63, 3.8) is 0 Å². The summed E-state index contributed by atoms with van der Waals surface area (Å²) in [5.41, 5.74) is 2.48. The number of thioether (sulfide) groups is 1. The van der Waals surface area contributed by atoms with Crippen LogP contribution in [0.4, 0.5) is 0 Å². The summed E-state index contributed by atoms with van der Waals surface area (Å²) in [6.45, 7) is 3.27. The van der Waals surface area contributed by atoms with E-state index >= 15 is 0 Å². The third-order valence-electron chi connectivity index (χ3n) is 2.96.